The van der Waals surface area contributed by atoms with Gasteiger partial charge in [-0.1, -0.05) is 0 Å². The van der Waals surface area contributed by atoms with Crippen molar-refractivity contribution in [3.8, 4) is 0 Å². The van der Waals surface area contributed by atoms with Crippen LogP contribution in [0.15, 0.2) is 23.3 Å². The number of nitrogens with one attached hydrogen (secondary N) is 2. The lowest BCUT2D eigenvalue weighted by Crippen LogP contribution is -2.43. The summed E-state index contributed by atoms with van der Waals surface area (Å²) >= 11 is 0. The molecule has 4 heterocycles. The molecule has 27 heavy (non-hydrogen) atoms. The highest BCUT2D eigenvalue weighted by Gasteiger charge is 2.22. The van der Waals surface area contributed by atoms with E-state index in [-0.39, 0.29) is 17.5 Å². The summed E-state index contributed by atoms with van der Waals surface area (Å²) in [7, 11) is 0. The molecular weight excluding hydrogens is 348 g/mol. The molecule has 2 saturated heterocycles. The molecule has 0 aliphatic carbocycles. The summed E-state index contributed by atoms with van der Waals surface area (Å²) in [6.07, 6.45) is 3.60. The average Bonchev–Trinajstić information content (AvgIpc) is 2.68. The lowest BCUT2D eigenvalue weighted by molar-refractivity contribution is 0.122. The number of H-pyrrole nitrogens is 1. The van der Waals surface area contributed by atoms with Crippen LogP contribution in [0, 0.1) is 0 Å². The Labute approximate surface area is 156 Å². The minimum atomic E-state index is -0.237. The molecular formula is C17H24N8O2. The van der Waals surface area contributed by atoms with Crippen molar-refractivity contribution >= 4 is 23.4 Å². The number of aromatic amines is 1. The number of rotatable bonds is 4. The van der Waals surface area contributed by atoms with E-state index in [1.165, 1.54) is 6.07 Å². The molecule has 2 aromatic rings. The van der Waals surface area contributed by atoms with E-state index in [9.17, 15) is 4.79 Å². The number of aromatic nitrogens is 4. The lowest BCUT2D eigenvalue weighted by atomic mass is 10.1. The molecule has 2 aromatic heterocycles. The van der Waals surface area contributed by atoms with Crippen LogP contribution in [0.25, 0.3) is 0 Å². The Hall–Kier alpha value is -2.88. The van der Waals surface area contributed by atoms with Crippen LogP contribution in [0.5, 0.6) is 0 Å². The normalized spacial score (nSPS) is 20.5. The molecule has 0 saturated carbocycles. The van der Waals surface area contributed by atoms with Gasteiger partial charge in [-0.15, -0.1) is 0 Å². The van der Waals surface area contributed by atoms with Gasteiger partial charge >= 0.3 is 0 Å². The van der Waals surface area contributed by atoms with Gasteiger partial charge in [-0.05, 0) is 12.8 Å². The Balaban J connectivity index is 1.44. The highest BCUT2D eigenvalue weighted by atomic mass is 16.5. The fourth-order valence-electron chi connectivity index (χ4n) is 3.53. The second-order valence-corrected chi connectivity index (χ2v) is 6.78. The number of nitrogen functional groups attached to an aromatic ring is 1. The maximum atomic E-state index is 11.7. The van der Waals surface area contributed by atoms with E-state index >= 15 is 0 Å². The molecule has 2 aliphatic rings. The average molecular weight is 372 g/mol. The Morgan fingerprint density at radius 2 is 2.00 bits per heavy atom. The van der Waals surface area contributed by atoms with E-state index in [2.05, 4.69) is 35.1 Å². The van der Waals surface area contributed by atoms with Crippen LogP contribution in [-0.2, 0) is 4.74 Å². The number of hydrogen-bond donors (Lipinski definition) is 3. The number of morpholine rings is 1. The van der Waals surface area contributed by atoms with Crippen molar-refractivity contribution in [2.24, 2.45) is 0 Å². The minimum Gasteiger partial charge on any atom is -0.378 e. The first-order chi connectivity index (χ1) is 13.2. The molecule has 0 amide bonds. The number of piperidine rings is 1. The van der Waals surface area contributed by atoms with Crippen molar-refractivity contribution in [2.75, 3.05) is 60.2 Å². The third-order valence-electron chi connectivity index (χ3n) is 4.83. The molecule has 0 radical (unpaired) electrons. The quantitative estimate of drug-likeness (QED) is 0.683. The Morgan fingerprint density at radius 3 is 2.81 bits per heavy atom. The van der Waals surface area contributed by atoms with Crippen molar-refractivity contribution in [2.45, 2.75) is 18.9 Å². The van der Waals surface area contributed by atoms with Gasteiger partial charge in [-0.2, -0.15) is 4.98 Å². The summed E-state index contributed by atoms with van der Waals surface area (Å²) in [5.41, 5.74) is 5.43. The molecule has 2 aliphatic heterocycles. The van der Waals surface area contributed by atoms with E-state index in [1.54, 1.807) is 6.33 Å². The number of anilines is 4. The van der Waals surface area contributed by atoms with Crippen molar-refractivity contribution in [1.29, 1.82) is 0 Å². The molecule has 0 unspecified atom stereocenters. The second-order valence-electron chi connectivity index (χ2n) is 6.78. The predicted molar refractivity (Wildman–Crippen MR) is 103 cm³/mol. The summed E-state index contributed by atoms with van der Waals surface area (Å²) in [6.45, 7) is 4.68. The van der Waals surface area contributed by atoms with E-state index in [0.29, 0.717) is 5.82 Å². The topological polar surface area (TPSA) is 125 Å². The van der Waals surface area contributed by atoms with Gasteiger partial charge in [0.05, 0.1) is 13.2 Å². The zero-order valence-electron chi connectivity index (χ0n) is 15.1. The number of hydrogen-bond acceptors (Lipinski definition) is 9. The Morgan fingerprint density at radius 1 is 1.15 bits per heavy atom. The van der Waals surface area contributed by atoms with Gasteiger partial charge in [-0.3, -0.25) is 9.78 Å². The van der Waals surface area contributed by atoms with Crippen LogP contribution in [0.2, 0.25) is 0 Å². The van der Waals surface area contributed by atoms with Gasteiger partial charge in [0.2, 0.25) is 5.95 Å². The zero-order chi connectivity index (χ0) is 18.6. The van der Waals surface area contributed by atoms with Crippen LogP contribution >= 0.6 is 0 Å². The zero-order valence-corrected chi connectivity index (χ0v) is 15.1. The van der Waals surface area contributed by atoms with Crippen LogP contribution < -0.4 is 26.4 Å². The van der Waals surface area contributed by atoms with E-state index in [0.717, 1.165) is 63.9 Å². The van der Waals surface area contributed by atoms with Crippen LogP contribution in [-0.4, -0.2) is 65.4 Å². The number of nitrogens with two attached hydrogens (primary N) is 1. The third kappa shape index (κ3) is 4.27. The molecule has 0 spiro atoms. The SMILES string of the molecule is Nc1nc(N2CCC[C@@H](Nc3cc(N4CCOCC4)ncn3)C2)cc(=O)[nH]1. The number of ether oxygens (including phenoxy) is 1. The first-order valence-electron chi connectivity index (χ1n) is 9.20. The molecule has 0 aromatic carbocycles. The standard InChI is InChI=1S/C17H24N8O2/c18-17-22-15(9-16(26)23-17)25-3-1-2-12(10-25)21-13-8-14(20-11-19-13)24-4-6-27-7-5-24/h8-9,11-12H,1-7,10H2,(H,19,20,21)(H3,18,22,23,26)/t12-/m1/s1. The van der Waals surface area contributed by atoms with Crippen molar-refractivity contribution in [3.05, 3.63) is 28.8 Å². The maximum Gasteiger partial charge on any atom is 0.254 e. The molecule has 1 atom stereocenters. The number of nitrogens with zero attached hydrogens (tertiary/aromatic N) is 5. The van der Waals surface area contributed by atoms with Gasteiger partial charge in [0.1, 0.15) is 23.8 Å². The Bertz CT molecular complexity index is 836. The van der Waals surface area contributed by atoms with E-state index in [4.69, 9.17) is 10.5 Å². The monoisotopic (exact) mass is 372 g/mol. The summed E-state index contributed by atoms with van der Waals surface area (Å²) in [5.74, 6) is 2.46. The van der Waals surface area contributed by atoms with Gasteiger partial charge in [0.25, 0.3) is 5.56 Å². The van der Waals surface area contributed by atoms with Crippen molar-refractivity contribution in [3.63, 3.8) is 0 Å². The summed E-state index contributed by atoms with van der Waals surface area (Å²) in [4.78, 5) is 31.4. The third-order valence-corrected chi connectivity index (χ3v) is 4.83. The smallest absolute Gasteiger partial charge is 0.254 e. The summed E-state index contributed by atoms with van der Waals surface area (Å²) in [6, 6.07) is 3.67. The molecule has 4 rings (SSSR count). The van der Waals surface area contributed by atoms with Crippen LogP contribution in [0.4, 0.5) is 23.4 Å². The van der Waals surface area contributed by atoms with Gasteiger partial charge < -0.3 is 25.6 Å². The first kappa shape index (κ1) is 17.5. The van der Waals surface area contributed by atoms with Crippen LogP contribution in [0.1, 0.15) is 12.8 Å². The first-order valence-corrected chi connectivity index (χ1v) is 9.20. The summed E-state index contributed by atoms with van der Waals surface area (Å²) < 4.78 is 5.40. The summed E-state index contributed by atoms with van der Waals surface area (Å²) in [5, 5.41) is 3.49. The second kappa shape index (κ2) is 7.78. The van der Waals surface area contributed by atoms with E-state index < -0.39 is 0 Å². The molecule has 144 valence electrons. The predicted octanol–water partition coefficient (Wildman–Crippen LogP) is 0.0596. The van der Waals surface area contributed by atoms with Gasteiger partial charge in [0, 0.05) is 44.4 Å². The van der Waals surface area contributed by atoms with Gasteiger partial charge in [0.15, 0.2) is 0 Å². The maximum absolute atomic E-state index is 11.7. The van der Waals surface area contributed by atoms with Crippen molar-refractivity contribution in [1.82, 2.24) is 19.9 Å². The van der Waals surface area contributed by atoms with Crippen molar-refractivity contribution < 1.29 is 4.74 Å². The fraction of sp³-hybridized carbons (Fsp3) is 0.529. The van der Waals surface area contributed by atoms with Gasteiger partial charge in [-0.25, -0.2) is 9.97 Å². The van der Waals surface area contributed by atoms with Crippen LogP contribution in [0.3, 0.4) is 0 Å². The largest absolute Gasteiger partial charge is 0.378 e. The fourth-order valence-corrected chi connectivity index (χ4v) is 3.53. The molecule has 10 nitrogen and oxygen atoms in total. The molecule has 0 bridgehead atoms. The molecule has 2 fully saturated rings. The molecule has 4 N–H and O–H groups in total. The highest BCUT2D eigenvalue weighted by Crippen LogP contribution is 2.21. The Kier molecular flexibility index (Phi) is 5.05. The molecule has 10 heteroatoms. The minimum absolute atomic E-state index is 0.138. The lowest BCUT2D eigenvalue weighted by Gasteiger charge is -2.34. The highest BCUT2D eigenvalue weighted by molar-refractivity contribution is 5.50. The van der Waals surface area contributed by atoms with E-state index in [1.807, 2.05) is 6.07 Å².